The van der Waals surface area contributed by atoms with Crippen molar-refractivity contribution in [3.63, 3.8) is 0 Å². The lowest BCUT2D eigenvalue weighted by Gasteiger charge is -2.18. The van der Waals surface area contributed by atoms with E-state index in [1.807, 2.05) is 0 Å². The van der Waals surface area contributed by atoms with Crippen molar-refractivity contribution in [2.24, 2.45) is 4.99 Å². The van der Waals surface area contributed by atoms with Crippen LogP contribution in [0.5, 0.6) is 0 Å². The summed E-state index contributed by atoms with van der Waals surface area (Å²) in [6.07, 6.45) is 21.9. The van der Waals surface area contributed by atoms with Gasteiger partial charge in [0.2, 0.25) is 0 Å². The third-order valence-electron chi connectivity index (χ3n) is 4.81. The molecule has 0 spiro atoms. The van der Waals surface area contributed by atoms with Gasteiger partial charge in [-0.05, 0) is 32.1 Å². The summed E-state index contributed by atoms with van der Waals surface area (Å²) in [6, 6.07) is 0. The zero-order valence-corrected chi connectivity index (χ0v) is 16.0. The molecule has 1 aliphatic heterocycles. The van der Waals surface area contributed by atoms with E-state index >= 15 is 0 Å². The minimum Gasteiger partial charge on any atom is -0.395 e. The van der Waals surface area contributed by atoms with Crippen LogP contribution in [0.2, 0.25) is 0 Å². The third kappa shape index (κ3) is 10.9. The van der Waals surface area contributed by atoms with Crippen LogP contribution in [0.4, 0.5) is 0 Å². The molecule has 0 aliphatic carbocycles. The molecule has 0 saturated carbocycles. The topological polar surface area (TPSA) is 35.8 Å². The fourth-order valence-corrected chi connectivity index (χ4v) is 3.30. The molecule has 0 amide bonds. The number of amidine groups is 1. The third-order valence-corrected chi connectivity index (χ3v) is 4.81. The number of aliphatic hydroxyl groups excluding tert-OH is 1. The van der Waals surface area contributed by atoms with Crippen molar-refractivity contribution < 1.29 is 5.11 Å². The van der Waals surface area contributed by atoms with E-state index in [9.17, 15) is 0 Å². The summed E-state index contributed by atoms with van der Waals surface area (Å²) in [6.45, 7) is 5.18. The SMILES string of the molecule is CCCCCCCCC/C=C/CCCCCC1=NCCN1CCO. The van der Waals surface area contributed by atoms with Gasteiger partial charge in [-0.3, -0.25) is 4.99 Å². The van der Waals surface area contributed by atoms with E-state index in [1.165, 1.54) is 82.9 Å². The summed E-state index contributed by atoms with van der Waals surface area (Å²) < 4.78 is 0. The molecule has 0 unspecified atom stereocenters. The lowest BCUT2D eigenvalue weighted by molar-refractivity contribution is 0.255. The van der Waals surface area contributed by atoms with E-state index in [0.29, 0.717) is 0 Å². The standard InChI is InChI=1S/C21H40N2O/c1-2-3-4-5-6-7-8-9-10-11-12-13-14-15-16-21-22-17-18-23(21)19-20-24/h10-11,24H,2-9,12-20H2,1H3/b11-10+. The molecule has 1 N–H and O–H groups in total. The highest BCUT2D eigenvalue weighted by Gasteiger charge is 2.14. The van der Waals surface area contributed by atoms with E-state index < -0.39 is 0 Å². The van der Waals surface area contributed by atoms with Gasteiger partial charge in [-0.25, -0.2) is 0 Å². The van der Waals surface area contributed by atoms with Crippen LogP contribution in [0, 0.1) is 0 Å². The molecule has 1 aliphatic rings. The average molecular weight is 337 g/mol. The molecule has 0 fully saturated rings. The smallest absolute Gasteiger partial charge is 0.0991 e. The summed E-state index contributed by atoms with van der Waals surface area (Å²) >= 11 is 0. The Morgan fingerprint density at radius 3 is 2.21 bits per heavy atom. The molecule has 0 bridgehead atoms. The van der Waals surface area contributed by atoms with E-state index in [2.05, 4.69) is 29.0 Å². The van der Waals surface area contributed by atoms with Crippen molar-refractivity contribution in [2.45, 2.75) is 90.4 Å². The van der Waals surface area contributed by atoms with Gasteiger partial charge in [-0.2, -0.15) is 0 Å². The molecular weight excluding hydrogens is 296 g/mol. The van der Waals surface area contributed by atoms with Gasteiger partial charge >= 0.3 is 0 Å². The Morgan fingerprint density at radius 2 is 1.54 bits per heavy atom. The van der Waals surface area contributed by atoms with Crippen LogP contribution in [-0.2, 0) is 0 Å². The number of hydrogen-bond donors (Lipinski definition) is 1. The summed E-state index contributed by atoms with van der Waals surface area (Å²) in [4.78, 5) is 6.79. The highest BCUT2D eigenvalue weighted by atomic mass is 16.3. The zero-order chi connectivity index (χ0) is 17.3. The fourth-order valence-electron chi connectivity index (χ4n) is 3.30. The molecule has 1 heterocycles. The number of allylic oxidation sites excluding steroid dienone is 2. The monoisotopic (exact) mass is 336 g/mol. The van der Waals surface area contributed by atoms with Gasteiger partial charge in [0.1, 0.15) is 0 Å². The Labute approximate surface area is 150 Å². The highest BCUT2D eigenvalue weighted by molar-refractivity contribution is 5.83. The molecule has 0 aromatic rings. The van der Waals surface area contributed by atoms with Crippen LogP contribution in [0.3, 0.4) is 0 Å². The lowest BCUT2D eigenvalue weighted by atomic mass is 10.1. The van der Waals surface area contributed by atoms with Crippen molar-refractivity contribution in [3.05, 3.63) is 12.2 Å². The molecular formula is C21H40N2O. The second kappa shape index (κ2) is 15.7. The maximum atomic E-state index is 9.03. The Morgan fingerprint density at radius 1 is 0.917 bits per heavy atom. The number of aliphatic hydroxyl groups is 1. The number of β-amino-alcohol motifs (C(OH)–C–C–N with tert-alkyl or cyclic N) is 1. The summed E-state index contributed by atoms with van der Waals surface area (Å²) in [5.74, 6) is 1.22. The number of hydrogen-bond acceptors (Lipinski definition) is 3. The van der Waals surface area contributed by atoms with Crippen molar-refractivity contribution in [1.82, 2.24) is 4.90 Å². The quantitative estimate of drug-likeness (QED) is 0.305. The largest absolute Gasteiger partial charge is 0.395 e. The molecule has 0 aromatic carbocycles. The van der Waals surface area contributed by atoms with E-state index in [4.69, 9.17) is 5.11 Å². The molecule has 24 heavy (non-hydrogen) atoms. The van der Waals surface area contributed by atoms with Gasteiger partial charge in [0.15, 0.2) is 0 Å². The molecule has 1 rings (SSSR count). The van der Waals surface area contributed by atoms with Crippen LogP contribution in [0.1, 0.15) is 90.4 Å². The van der Waals surface area contributed by atoms with Gasteiger partial charge in [-0.1, -0.05) is 64.0 Å². The predicted octanol–water partition coefficient (Wildman–Crippen LogP) is 5.34. The minimum atomic E-state index is 0.239. The highest BCUT2D eigenvalue weighted by Crippen LogP contribution is 2.12. The number of aliphatic imine (C=N–C) groups is 1. The van der Waals surface area contributed by atoms with Crippen LogP contribution in [0.15, 0.2) is 17.1 Å². The normalized spacial score (nSPS) is 14.8. The summed E-state index contributed by atoms with van der Waals surface area (Å²) in [5, 5.41) is 9.03. The maximum Gasteiger partial charge on any atom is 0.0991 e. The Bertz CT molecular complexity index is 339. The van der Waals surface area contributed by atoms with Gasteiger partial charge in [0, 0.05) is 19.5 Å². The van der Waals surface area contributed by atoms with Crippen molar-refractivity contribution in [3.8, 4) is 0 Å². The first-order valence-electron chi connectivity index (χ1n) is 10.4. The summed E-state index contributed by atoms with van der Waals surface area (Å²) in [5.41, 5.74) is 0. The number of unbranched alkanes of at least 4 members (excludes halogenated alkanes) is 10. The Balaban J connectivity index is 1.84. The van der Waals surface area contributed by atoms with Gasteiger partial charge in [0.05, 0.1) is 19.0 Å². The average Bonchev–Trinajstić information content (AvgIpc) is 3.03. The van der Waals surface area contributed by atoms with E-state index in [-0.39, 0.29) is 6.61 Å². The first kappa shape index (κ1) is 21.2. The minimum absolute atomic E-state index is 0.239. The van der Waals surface area contributed by atoms with Crippen LogP contribution in [0.25, 0.3) is 0 Å². The van der Waals surface area contributed by atoms with Crippen LogP contribution in [-0.4, -0.2) is 42.1 Å². The van der Waals surface area contributed by atoms with Gasteiger partial charge in [-0.15, -0.1) is 0 Å². The first-order chi connectivity index (χ1) is 11.9. The summed E-state index contributed by atoms with van der Waals surface area (Å²) in [7, 11) is 0. The molecule has 3 heteroatoms. The second-order valence-corrected chi connectivity index (χ2v) is 6.99. The predicted molar refractivity (Wildman–Crippen MR) is 106 cm³/mol. The van der Waals surface area contributed by atoms with Crippen molar-refractivity contribution in [2.75, 3.05) is 26.2 Å². The number of nitrogens with zero attached hydrogens (tertiary/aromatic N) is 2. The Kier molecular flexibility index (Phi) is 13.9. The fraction of sp³-hybridized carbons (Fsp3) is 0.857. The van der Waals surface area contributed by atoms with Gasteiger partial charge in [0.25, 0.3) is 0 Å². The molecule has 0 aromatic heterocycles. The van der Waals surface area contributed by atoms with Crippen molar-refractivity contribution >= 4 is 5.84 Å². The van der Waals surface area contributed by atoms with Gasteiger partial charge < -0.3 is 10.0 Å². The van der Waals surface area contributed by atoms with Crippen LogP contribution < -0.4 is 0 Å². The number of rotatable bonds is 16. The van der Waals surface area contributed by atoms with E-state index in [1.54, 1.807) is 0 Å². The molecule has 0 radical (unpaired) electrons. The first-order valence-corrected chi connectivity index (χ1v) is 10.4. The van der Waals surface area contributed by atoms with Crippen LogP contribution >= 0.6 is 0 Å². The molecule has 3 nitrogen and oxygen atoms in total. The second-order valence-electron chi connectivity index (χ2n) is 6.99. The molecule has 0 saturated heterocycles. The Hall–Kier alpha value is -0.830. The zero-order valence-electron chi connectivity index (χ0n) is 16.0. The molecule has 0 atom stereocenters. The van der Waals surface area contributed by atoms with E-state index in [0.717, 1.165) is 26.1 Å². The maximum absolute atomic E-state index is 9.03. The molecule has 140 valence electrons. The lowest BCUT2D eigenvalue weighted by Crippen LogP contribution is -2.30. The van der Waals surface area contributed by atoms with Crippen molar-refractivity contribution in [1.29, 1.82) is 0 Å².